The molecule has 24 heavy (non-hydrogen) atoms. The first kappa shape index (κ1) is 16.0. The van der Waals surface area contributed by atoms with Crippen molar-refractivity contribution in [2.24, 2.45) is 7.05 Å². The van der Waals surface area contributed by atoms with Crippen molar-refractivity contribution in [2.75, 3.05) is 0 Å². The molecule has 0 spiro atoms. The van der Waals surface area contributed by atoms with E-state index in [1.807, 2.05) is 66.7 Å². The quantitative estimate of drug-likeness (QED) is 0.721. The second-order valence-electron chi connectivity index (χ2n) is 5.97. The second-order valence-corrected chi connectivity index (χ2v) is 5.97. The van der Waals surface area contributed by atoms with Crippen molar-refractivity contribution in [3.05, 3.63) is 90.5 Å². The standard InChI is InChI=1S/C20H21N3O/c1-16(24)21-19(17-9-5-3-6-10-17)20(18-11-7-4-8-12-18)23-14-13-22(2)15-23/h3-15,19-20H,1-2H3/p+1/t19-,20-/m1/s1. The minimum atomic E-state index is -0.154. The molecule has 1 heterocycles. The van der Waals surface area contributed by atoms with Gasteiger partial charge in [0.15, 0.2) is 6.04 Å². The maximum atomic E-state index is 11.9. The fraction of sp³-hybridized carbons (Fsp3) is 0.200. The van der Waals surface area contributed by atoms with Crippen LogP contribution in [0.15, 0.2) is 79.4 Å². The zero-order valence-corrected chi connectivity index (χ0v) is 14.0. The topological polar surface area (TPSA) is 37.9 Å². The van der Waals surface area contributed by atoms with E-state index in [1.54, 1.807) is 6.92 Å². The molecular weight excluding hydrogens is 298 g/mol. The summed E-state index contributed by atoms with van der Waals surface area (Å²) in [6.07, 6.45) is 6.08. The monoisotopic (exact) mass is 320 g/mol. The largest absolute Gasteiger partial charge is 0.345 e. The Hall–Kier alpha value is -2.88. The lowest BCUT2D eigenvalue weighted by Gasteiger charge is -2.26. The summed E-state index contributed by atoms with van der Waals surface area (Å²) in [4.78, 5) is 11.9. The van der Waals surface area contributed by atoms with Crippen LogP contribution in [-0.2, 0) is 11.8 Å². The van der Waals surface area contributed by atoms with E-state index in [2.05, 4.69) is 34.1 Å². The van der Waals surface area contributed by atoms with E-state index in [1.165, 1.54) is 0 Å². The molecule has 4 heteroatoms. The molecule has 1 amide bonds. The van der Waals surface area contributed by atoms with Crippen LogP contribution in [0.5, 0.6) is 0 Å². The maximum absolute atomic E-state index is 11.9. The summed E-state index contributed by atoms with van der Waals surface area (Å²) in [6.45, 7) is 1.56. The minimum Gasteiger partial charge on any atom is -0.345 e. The van der Waals surface area contributed by atoms with Crippen LogP contribution < -0.4 is 9.88 Å². The first-order chi connectivity index (χ1) is 11.6. The predicted octanol–water partition coefficient (Wildman–Crippen LogP) is 2.78. The van der Waals surface area contributed by atoms with Crippen LogP contribution in [-0.4, -0.2) is 10.5 Å². The van der Waals surface area contributed by atoms with Gasteiger partial charge in [-0.25, -0.2) is 9.13 Å². The number of carbonyl (C=O) groups excluding carboxylic acids is 1. The van der Waals surface area contributed by atoms with Gasteiger partial charge in [0.1, 0.15) is 12.4 Å². The third kappa shape index (κ3) is 3.54. The molecule has 2 atom stereocenters. The van der Waals surface area contributed by atoms with Crippen molar-refractivity contribution in [3.8, 4) is 0 Å². The van der Waals surface area contributed by atoms with Gasteiger partial charge in [-0.15, -0.1) is 0 Å². The van der Waals surface area contributed by atoms with Gasteiger partial charge in [0.2, 0.25) is 12.2 Å². The van der Waals surface area contributed by atoms with E-state index < -0.39 is 0 Å². The van der Waals surface area contributed by atoms with Gasteiger partial charge in [-0.2, -0.15) is 0 Å². The normalized spacial score (nSPS) is 13.2. The molecule has 0 unspecified atom stereocenters. The van der Waals surface area contributed by atoms with Gasteiger partial charge in [0.05, 0.1) is 13.1 Å². The third-order valence-electron chi connectivity index (χ3n) is 4.08. The zero-order chi connectivity index (χ0) is 16.9. The minimum absolute atomic E-state index is 0.0290. The molecule has 0 fully saturated rings. The van der Waals surface area contributed by atoms with Gasteiger partial charge in [0.25, 0.3) is 0 Å². The highest BCUT2D eigenvalue weighted by Gasteiger charge is 2.30. The van der Waals surface area contributed by atoms with Crippen molar-refractivity contribution in [3.63, 3.8) is 0 Å². The summed E-state index contributed by atoms with van der Waals surface area (Å²) < 4.78 is 4.15. The molecule has 0 bridgehead atoms. The molecule has 2 aromatic carbocycles. The number of amides is 1. The highest BCUT2D eigenvalue weighted by molar-refractivity contribution is 5.73. The Bertz CT molecular complexity index is 796. The molecule has 3 rings (SSSR count). The fourth-order valence-corrected chi connectivity index (χ4v) is 3.04. The average Bonchev–Trinajstić information content (AvgIpc) is 3.02. The van der Waals surface area contributed by atoms with Crippen LogP contribution in [0, 0.1) is 0 Å². The lowest BCUT2D eigenvalue weighted by Crippen LogP contribution is -2.34. The van der Waals surface area contributed by atoms with Crippen LogP contribution >= 0.6 is 0 Å². The summed E-state index contributed by atoms with van der Waals surface area (Å²) in [5, 5.41) is 3.13. The van der Waals surface area contributed by atoms with Crippen molar-refractivity contribution in [1.29, 1.82) is 0 Å². The lowest BCUT2D eigenvalue weighted by molar-refractivity contribution is -0.671. The van der Waals surface area contributed by atoms with E-state index in [9.17, 15) is 4.79 Å². The van der Waals surface area contributed by atoms with Crippen LogP contribution in [0.4, 0.5) is 0 Å². The first-order valence-electron chi connectivity index (χ1n) is 8.05. The summed E-state index contributed by atoms with van der Waals surface area (Å²) >= 11 is 0. The van der Waals surface area contributed by atoms with Crippen molar-refractivity contribution >= 4 is 5.91 Å². The average molecular weight is 320 g/mol. The molecule has 122 valence electrons. The van der Waals surface area contributed by atoms with Crippen molar-refractivity contribution in [2.45, 2.75) is 19.0 Å². The third-order valence-corrected chi connectivity index (χ3v) is 4.08. The molecule has 0 aliphatic rings. The molecule has 0 aliphatic carbocycles. The number of hydrogen-bond acceptors (Lipinski definition) is 1. The molecule has 1 N–H and O–H groups in total. The van der Waals surface area contributed by atoms with Gasteiger partial charge in [-0.05, 0) is 11.1 Å². The number of rotatable bonds is 5. The van der Waals surface area contributed by atoms with Crippen LogP contribution in [0.3, 0.4) is 0 Å². The van der Waals surface area contributed by atoms with E-state index in [-0.39, 0.29) is 18.0 Å². The first-order valence-corrected chi connectivity index (χ1v) is 8.05. The van der Waals surface area contributed by atoms with Crippen LogP contribution in [0.25, 0.3) is 0 Å². The van der Waals surface area contributed by atoms with E-state index >= 15 is 0 Å². The number of carbonyl (C=O) groups is 1. The van der Waals surface area contributed by atoms with Gasteiger partial charge < -0.3 is 5.32 Å². The van der Waals surface area contributed by atoms with Crippen molar-refractivity contribution < 1.29 is 9.36 Å². The zero-order valence-electron chi connectivity index (χ0n) is 14.0. The second kappa shape index (κ2) is 7.13. The smallest absolute Gasteiger partial charge is 0.244 e. The van der Waals surface area contributed by atoms with E-state index in [0.717, 1.165) is 11.1 Å². The number of imidazole rings is 1. The van der Waals surface area contributed by atoms with Crippen molar-refractivity contribution in [1.82, 2.24) is 9.88 Å². The Morgan fingerprint density at radius 1 is 1.00 bits per heavy atom. The Morgan fingerprint density at radius 3 is 2.08 bits per heavy atom. The Labute approximate surface area is 142 Å². The van der Waals surface area contributed by atoms with Gasteiger partial charge in [-0.1, -0.05) is 60.7 Å². The highest BCUT2D eigenvalue weighted by atomic mass is 16.1. The Balaban J connectivity index is 2.12. The van der Waals surface area contributed by atoms with Gasteiger partial charge >= 0.3 is 0 Å². The molecule has 0 aliphatic heterocycles. The highest BCUT2D eigenvalue weighted by Crippen LogP contribution is 2.32. The van der Waals surface area contributed by atoms with Crippen LogP contribution in [0.1, 0.15) is 30.1 Å². The van der Waals surface area contributed by atoms with E-state index in [0.29, 0.717) is 0 Å². The van der Waals surface area contributed by atoms with Gasteiger partial charge in [0, 0.05) is 6.92 Å². The molecule has 4 nitrogen and oxygen atoms in total. The summed E-state index contributed by atoms with van der Waals surface area (Å²) in [5.41, 5.74) is 2.23. The fourth-order valence-electron chi connectivity index (χ4n) is 3.04. The summed E-state index contributed by atoms with van der Waals surface area (Å²) in [7, 11) is 1.99. The number of nitrogens with zero attached hydrogens (tertiary/aromatic N) is 2. The Morgan fingerprint density at radius 2 is 1.58 bits per heavy atom. The number of aryl methyl sites for hydroxylation is 1. The summed E-state index contributed by atoms with van der Waals surface area (Å²) in [5.74, 6) is -0.0404. The van der Waals surface area contributed by atoms with Gasteiger partial charge in [-0.3, -0.25) is 4.79 Å². The molecule has 0 radical (unpaired) electrons. The molecule has 0 saturated carbocycles. The summed E-state index contributed by atoms with van der Waals surface area (Å²) in [6, 6.07) is 20.2. The molecule has 1 aromatic heterocycles. The SMILES string of the molecule is CC(=O)N[C@H](c1ccccc1)[C@@H](c1ccccc1)n1cc[n+](C)c1. The predicted molar refractivity (Wildman–Crippen MR) is 93.2 cm³/mol. The number of aromatic nitrogens is 2. The Kier molecular flexibility index (Phi) is 4.75. The molecular formula is C20H22N3O+. The molecule has 3 aromatic rings. The number of nitrogens with one attached hydrogen (secondary N) is 1. The van der Waals surface area contributed by atoms with E-state index in [4.69, 9.17) is 0 Å². The molecule has 0 saturated heterocycles. The maximum Gasteiger partial charge on any atom is 0.244 e. The van der Waals surface area contributed by atoms with Crippen LogP contribution in [0.2, 0.25) is 0 Å². The number of benzene rings is 2. The number of hydrogen-bond donors (Lipinski definition) is 1. The lowest BCUT2D eigenvalue weighted by atomic mass is 9.93.